The Hall–Kier alpha value is -7.56. The summed E-state index contributed by atoms with van der Waals surface area (Å²) in [7, 11) is 0. The van der Waals surface area contributed by atoms with E-state index < -0.39 is 0 Å². The molecular formula is C65H54N2O2. The summed E-state index contributed by atoms with van der Waals surface area (Å²) in [6, 6.07) is 63.3. The largest absolute Gasteiger partial charge is 0.454 e. The van der Waals surface area contributed by atoms with Gasteiger partial charge in [0, 0.05) is 44.9 Å². The van der Waals surface area contributed by atoms with E-state index in [0.717, 1.165) is 68.6 Å². The van der Waals surface area contributed by atoms with Crippen LogP contribution in [0, 0.1) is 13.8 Å². The van der Waals surface area contributed by atoms with Gasteiger partial charge in [-0.2, -0.15) is 0 Å². The van der Waals surface area contributed by atoms with Gasteiger partial charge in [-0.05, 0) is 137 Å². The zero-order valence-corrected chi connectivity index (χ0v) is 39.4. The van der Waals surface area contributed by atoms with Crippen molar-refractivity contribution in [3.63, 3.8) is 0 Å². The first kappa shape index (κ1) is 40.5. The molecule has 3 aliphatic rings. The minimum Gasteiger partial charge on any atom is -0.454 e. The summed E-state index contributed by atoms with van der Waals surface area (Å²) in [5.74, 6) is 3.12. The quantitative estimate of drug-likeness (QED) is 0.142. The summed E-state index contributed by atoms with van der Waals surface area (Å²) in [5.41, 5.74) is 16.2. The molecule has 0 radical (unpaired) electrons. The van der Waals surface area contributed by atoms with E-state index in [0.29, 0.717) is 11.8 Å². The summed E-state index contributed by atoms with van der Waals surface area (Å²) in [6.07, 6.45) is 10.9. The molecule has 0 atom stereocenters. The molecule has 11 aromatic rings. The highest BCUT2D eigenvalue weighted by molar-refractivity contribution is 6.28. The molecule has 0 bridgehead atoms. The van der Waals surface area contributed by atoms with Crippen LogP contribution in [0.2, 0.25) is 0 Å². The molecule has 10 aromatic carbocycles. The maximum absolute atomic E-state index is 7.30. The van der Waals surface area contributed by atoms with E-state index in [1.807, 2.05) is 0 Å². The number of furan rings is 1. The van der Waals surface area contributed by atoms with Gasteiger partial charge in [-0.15, -0.1) is 0 Å². The van der Waals surface area contributed by atoms with Crippen molar-refractivity contribution in [2.24, 2.45) is 0 Å². The minimum absolute atomic E-state index is 0.542. The predicted octanol–water partition coefficient (Wildman–Crippen LogP) is 19.1. The van der Waals surface area contributed by atoms with Crippen LogP contribution in [0.5, 0.6) is 11.5 Å². The number of aryl methyl sites for hydroxylation is 2. The minimum atomic E-state index is 0.542. The summed E-state index contributed by atoms with van der Waals surface area (Å²) in [5, 5.41) is 9.71. The fraction of sp³-hybridized carbons (Fsp3) is 0.200. The maximum atomic E-state index is 7.30. The fourth-order valence-electron chi connectivity index (χ4n) is 12.9. The second-order valence-corrected chi connectivity index (χ2v) is 20.2. The van der Waals surface area contributed by atoms with Gasteiger partial charge in [0.2, 0.25) is 0 Å². The lowest BCUT2D eigenvalue weighted by Gasteiger charge is -2.33. The lowest BCUT2D eigenvalue weighted by molar-refractivity contribution is 0.449. The lowest BCUT2D eigenvalue weighted by atomic mass is 9.90. The molecule has 336 valence electrons. The monoisotopic (exact) mass is 894 g/mol. The van der Waals surface area contributed by atoms with Gasteiger partial charge in [-0.3, -0.25) is 0 Å². The Kier molecular flexibility index (Phi) is 9.41. The molecular weight excluding hydrogens is 841 g/mol. The molecule has 2 heterocycles. The van der Waals surface area contributed by atoms with E-state index in [4.69, 9.17) is 9.15 Å². The number of nitrogens with zero attached hydrogens (tertiary/aromatic N) is 2. The van der Waals surface area contributed by atoms with E-state index in [9.17, 15) is 0 Å². The Bertz CT molecular complexity index is 3810. The van der Waals surface area contributed by atoms with Crippen LogP contribution >= 0.6 is 0 Å². The molecule has 4 nitrogen and oxygen atoms in total. The number of benzene rings is 10. The third-order valence-corrected chi connectivity index (χ3v) is 16.2. The molecule has 14 rings (SSSR count). The lowest BCUT2D eigenvalue weighted by Crippen LogP contribution is -2.16. The van der Waals surface area contributed by atoms with Crippen LogP contribution in [0.1, 0.15) is 96.6 Å². The van der Waals surface area contributed by atoms with Crippen LogP contribution in [0.3, 0.4) is 0 Å². The molecule has 0 amide bonds. The molecule has 0 spiro atoms. The first-order valence-electron chi connectivity index (χ1n) is 25.3. The van der Waals surface area contributed by atoms with E-state index in [2.05, 4.69) is 194 Å². The Morgan fingerprint density at radius 2 is 0.855 bits per heavy atom. The number of fused-ring (bicyclic) bond motifs is 5. The number of ether oxygens (including phenoxy) is 1. The van der Waals surface area contributed by atoms with Crippen molar-refractivity contribution in [1.82, 2.24) is 0 Å². The van der Waals surface area contributed by atoms with Crippen LogP contribution in [-0.2, 0) is 6.42 Å². The first-order valence-corrected chi connectivity index (χ1v) is 25.3. The zero-order chi connectivity index (χ0) is 45.7. The SMILES string of the molecule is Cc1ccccc1N(c1cccc2c1Oc1c(cccc1C1CCCC1)C2)c1ccc2ccc3c(N(c4ccccc4C)c4cccc5c4oc4c(C6CCCC6)cccc45)ccc4ccc1c2c43. The summed E-state index contributed by atoms with van der Waals surface area (Å²) < 4.78 is 14.5. The molecule has 2 fully saturated rings. The average Bonchev–Trinajstić information content (AvgIpc) is 4.20. The van der Waals surface area contributed by atoms with Crippen molar-refractivity contribution >= 4 is 88.4 Å². The van der Waals surface area contributed by atoms with Gasteiger partial charge >= 0.3 is 0 Å². The molecule has 2 aliphatic carbocycles. The highest BCUT2D eigenvalue weighted by Crippen LogP contribution is 2.54. The van der Waals surface area contributed by atoms with Crippen molar-refractivity contribution in [1.29, 1.82) is 0 Å². The number of hydrogen-bond acceptors (Lipinski definition) is 4. The van der Waals surface area contributed by atoms with E-state index in [1.165, 1.54) is 122 Å². The van der Waals surface area contributed by atoms with Crippen molar-refractivity contribution in [3.8, 4) is 11.5 Å². The maximum Gasteiger partial charge on any atom is 0.159 e. The first-order chi connectivity index (χ1) is 34.1. The average molecular weight is 895 g/mol. The Labute approximate surface area is 403 Å². The number of anilines is 6. The number of hydrogen-bond donors (Lipinski definition) is 0. The fourth-order valence-corrected chi connectivity index (χ4v) is 12.9. The highest BCUT2D eigenvalue weighted by atomic mass is 16.5. The third-order valence-electron chi connectivity index (χ3n) is 16.2. The van der Waals surface area contributed by atoms with Gasteiger partial charge in [-0.25, -0.2) is 0 Å². The van der Waals surface area contributed by atoms with Gasteiger partial charge < -0.3 is 19.0 Å². The summed E-state index contributed by atoms with van der Waals surface area (Å²) >= 11 is 0. The normalized spacial score (nSPS) is 15.2. The molecule has 2 saturated carbocycles. The Morgan fingerprint density at radius 3 is 1.49 bits per heavy atom. The van der Waals surface area contributed by atoms with E-state index >= 15 is 0 Å². The molecule has 0 saturated heterocycles. The second-order valence-electron chi connectivity index (χ2n) is 20.2. The number of rotatable bonds is 8. The van der Waals surface area contributed by atoms with Gasteiger partial charge in [0.1, 0.15) is 11.3 Å². The third kappa shape index (κ3) is 6.34. The van der Waals surface area contributed by atoms with Crippen LogP contribution in [0.4, 0.5) is 34.1 Å². The smallest absolute Gasteiger partial charge is 0.159 e. The topological polar surface area (TPSA) is 28.9 Å². The molecule has 0 unspecified atom stereocenters. The summed E-state index contributed by atoms with van der Waals surface area (Å²) in [6.45, 7) is 4.45. The van der Waals surface area contributed by atoms with Gasteiger partial charge in [0.05, 0.1) is 22.7 Å². The molecule has 0 N–H and O–H groups in total. The van der Waals surface area contributed by atoms with Crippen molar-refractivity contribution in [2.75, 3.05) is 9.80 Å². The second kappa shape index (κ2) is 16.0. The number of para-hydroxylation sites is 6. The van der Waals surface area contributed by atoms with E-state index in [1.54, 1.807) is 0 Å². The van der Waals surface area contributed by atoms with Crippen molar-refractivity contribution < 1.29 is 9.15 Å². The predicted molar refractivity (Wildman–Crippen MR) is 288 cm³/mol. The Morgan fingerprint density at radius 1 is 0.377 bits per heavy atom. The zero-order valence-electron chi connectivity index (χ0n) is 39.4. The van der Waals surface area contributed by atoms with E-state index in [-0.39, 0.29) is 0 Å². The highest BCUT2D eigenvalue weighted by Gasteiger charge is 2.31. The molecule has 1 aliphatic heterocycles. The van der Waals surface area contributed by atoms with Crippen molar-refractivity contribution in [2.45, 2.75) is 83.5 Å². The molecule has 4 heteroatoms. The van der Waals surface area contributed by atoms with Gasteiger partial charge in [0.15, 0.2) is 11.3 Å². The molecule has 69 heavy (non-hydrogen) atoms. The summed E-state index contributed by atoms with van der Waals surface area (Å²) in [4.78, 5) is 4.94. The standard InChI is InChI=1S/C65H54N2O2/c1-40-15-3-9-27-54(40)66(58-29-12-22-47-39-46-21-11-23-48(42-17-5-6-18-42)62(46)68-63(47)58)56-37-33-44-32-36-53-57(38-34-45-31-35-52(56)60(44)61(45)53)67(55-28-10-4-16-41(55)2)59-30-14-26-51-50-25-13-24-49(43-19-7-8-20-43)64(50)69-65(51)59/h3-4,9-16,21-38,42-43H,5-8,17-20,39H2,1-2H3. The van der Waals surface area contributed by atoms with Crippen LogP contribution in [0.15, 0.2) is 174 Å². The van der Waals surface area contributed by atoms with Crippen LogP contribution < -0.4 is 14.5 Å². The van der Waals surface area contributed by atoms with Crippen LogP contribution in [0.25, 0.3) is 54.3 Å². The molecule has 1 aromatic heterocycles. The van der Waals surface area contributed by atoms with Gasteiger partial charge in [-0.1, -0.05) is 159 Å². The van der Waals surface area contributed by atoms with Crippen molar-refractivity contribution in [3.05, 3.63) is 203 Å². The Balaban J connectivity index is 0.983. The van der Waals surface area contributed by atoms with Crippen LogP contribution in [-0.4, -0.2) is 0 Å². The van der Waals surface area contributed by atoms with Gasteiger partial charge in [0.25, 0.3) is 0 Å².